The molecule has 1 nitrogen and oxygen atoms in total. The molecule has 0 amide bonds. The van der Waals surface area contributed by atoms with E-state index in [9.17, 15) is 0 Å². The van der Waals surface area contributed by atoms with Crippen LogP contribution in [0.15, 0.2) is 47.4 Å². The minimum absolute atomic E-state index is 0.693. The molecule has 0 unspecified atom stereocenters. The topological polar surface area (TPSA) is 26.0 Å². The van der Waals surface area contributed by atoms with Crippen LogP contribution < -0.4 is 5.73 Å². The highest BCUT2D eigenvalue weighted by Gasteiger charge is 2.04. The van der Waals surface area contributed by atoms with Gasteiger partial charge in [0.25, 0.3) is 0 Å². The number of thioether (sulfide) groups is 1. The zero-order valence-corrected chi connectivity index (χ0v) is 11.3. The van der Waals surface area contributed by atoms with Crippen LogP contribution in [-0.4, -0.2) is 0 Å². The fourth-order valence-corrected chi connectivity index (χ4v) is 2.92. The molecule has 2 aromatic rings. The lowest BCUT2D eigenvalue weighted by atomic mass is 10.2. The molecule has 0 aliphatic heterocycles. The molecule has 0 saturated heterocycles. The highest BCUT2D eigenvalue weighted by molar-refractivity contribution is 7.98. The highest BCUT2D eigenvalue weighted by atomic mass is 35.5. The molecule has 4 heteroatoms. The second-order valence-electron chi connectivity index (χ2n) is 3.56. The molecule has 0 aliphatic rings. The number of para-hydroxylation sites is 1. The van der Waals surface area contributed by atoms with Crippen LogP contribution in [0.3, 0.4) is 0 Å². The van der Waals surface area contributed by atoms with Crippen molar-refractivity contribution in [2.24, 2.45) is 0 Å². The summed E-state index contributed by atoms with van der Waals surface area (Å²) >= 11 is 13.7. The summed E-state index contributed by atoms with van der Waals surface area (Å²) in [5.74, 6) is 0.784. The number of hydrogen-bond donors (Lipinski definition) is 1. The molecule has 2 rings (SSSR count). The number of nitrogens with two attached hydrogens (primary N) is 1. The van der Waals surface area contributed by atoms with Crippen LogP contribution in [0.2, 0.25) is 10.0 Å². The van der Waals surface area contributed by atoms with Gasteiger partial charge in [0.15, 0.2) is 0 Å². The molecule has 88 valence electrons. The average Bonchev–Trinajstić information content (AvgIpc) is 2.32. The van der Waals surface area contributed by atoms with Gasteiger partial charge in [0.1, 0.15) is 0 Å². The van der Waals surface area contributed by atoms with E-state index in [0.29, 0.717) is 10.0 Å². The Hall–Kier alpha value is -0.830. The number of halogens is 2. The van der Waals surface area contributed by atoms with Crippen LogP contribution in [0.25, 0.3) is 0 Å². The standard InChI is InChI=1S/C13H11Cl2NS/c14-10-5-6-11(15)13(7-10)17-8-9-3-1-2-4-12(9)16/h1-7H,8,16H2. The van der Waals surface area contributed by atoms with Gasteiger partial charge in [0.2, 0.25) is 0 Å². The first-order valence-electron chi connectivity index (χ1n) is 5.08. The average molecular weight is 284 g/mol. The van der Waals surface area contributed by atoms with Crippen LogP contribution in [0, 0.1) is 0 Å². The van der Waals surface area contributed by atoms with E-state index in [4.69, 9.17) is 28.9 Å². The van der Waals surface area contributed by atoms with Crippen LogP contribution in [0.4, 0.5) is 5.69 Å². The fraction of sp³-hybridized carbons (Fsp3) is 0.0769. The Bertz CT molecular complexity index is 529. The monoisotopic (exact) mass is 283 g/mol. The maximum absolute atomic E-state index is 6.09. The van der Waals surface area contributed by atoms with E-state index in [1.54, 1.807) is 23.9 Å². The summed E-state index contributed by atoms with van der Waals surface area (Å²) < 4.78 is 0. The second-order valence-corrected chi connectivity index (χ2v) is 5.42. The lowest BCUT2D eigenvalue weighted by Gasteiger charge is -2.07. The van der Waals surface area contributed by atoms with Crippen molar-refractivity contribution in [3.63, 3.8) is 0 Å². The number of hydrogen-bond acceptors (Lipinski definition) is 2. The quantitative estimate of drug-likeness (QED) is 0.643. The van der Waals surface area contributed by atoms with E-state index in [1.165, 1.54) is 0 Å². The number of nitrogen functional groups attached to an aromatic ring is 1. The summed E-state index contributed by atoms with van der Waals surface area (Å²) in [7, 11) is 0. The zero-order chi connectivity index (χ0) is 12.3. The summed E-state index contributed by atoms with van der Waals surface area (Å²) in [6.45, 7) is 0. The maximum atomic E-state index is 6.09. The van der Waals surface area contributed by atoms with E-state index in [0.717, 1.165) is 21.9 Å². The smallest absolute Gasteiger partial charge is 0.0543 e. The predicted molar refractivity (Wildman–Crippen MR) is 76.9 cm³/mol. The van der Waals surface area contributed by atoms with Crippen molar-refractivity contribution in [1.29, 1.82) is 0 Å². The van der Waals surface area contributed by atoms with Crippen molar-refractivity contribution < 1.29 is 0 Å². The molecule has 0 saturated carbocycles. The van der Waals surface area contributed by atoms with E-state index in [-0.39, 0.29) is 0 Å². The zero-order valence-electron chi connectivity index (χ0n) is 8.99. The molecule has 2 aromatic carbocycles. The Labute approximate surface area is 115 Å². The Morgan fingerprint density at radius 1 is 1.06 bits per heavy atom. The molecule has 0 atom stereocenters. The van der Waals surface area contributed by atoms with Crippen molar-refractivity contribution in [1.82, 2.24) is 0 Å². The molecule has 0 heterocycles. The van der Waals surface area contributed by atoms with Crippen molar-refractivity contribution in [2.75, 3.05) is 5.73 Å². The van der Waals surface area contributed by atoms with Crippen LogP contribution in [0.5, 0.6) is 0 Å². The summed E-state index contributed by atoms with van der Waals surface area (Å²) in [6, 6.07) is 13.3. The predicted octanol–water partition coefficient (Wildman–Crippen LogP) is 4.87. The third-order valence-corrected chi connectivity index (χ3v) is 4.11. The van der Waals surface area contributed by atoms with Crippen molar-refractivity contribution in [3.8, 4) is 0 Å². The minimum Gasteiger partial charge on any atom is -0.398 e. The van der Waals surface area contributed by atoms with Gasteiger partial charge in [-0.05, 0) is 29.8 Å². The van der Waals surface area contributed by atoms with Crippen LogP contribution >= 0.6 is 35.0 Å². The summed E-state index contributed by atoms with van der Waals surface area (Å²) in [4.78, 5) is 0.974. The molecule has 0 fully saturated rings. The molecule has 0 aromatic heterocycles. The molecule has 2 N–H and O–H groups in total. The first kappa shape index (κ1) is 12.6. The highest BCUT2D eigenvalue weighted by Crippen LogP contribution is 2.32. The van der Waals surface area contributed by atoms with Crippen LogP contribution in [-0.2, 0) is 5.75 Å². The molecular weight excluding hydrogens is 273 g/mol. The molecule has 0 bridgehead atoms. The minimum atomic E-state index is 0.693. The normalized spacial score (nSPS) is 10.5. The van der Waals surface area contributed by atoms with E-state index < -0.39 is 0 Å². The summed E-state index contributed by atoms with van der Waals surface area (Å²) in [5, 5.41) is 1.41. The van der Waals surface area contributed by atoms with Gasteiger partial charge in [-0.15, -0.1) is 11.8 Å². The third kappa shape index (κ3) is 3.32. The Kier molecular flexibility index (Phi) is 4.21. The number of rotatable bonds is 3. The van der Waals surface area contributed by atoms with Crippen molar-refractivity contribution in [2.45, 2.75) is 10.6 Å². The molecule has 0 radical (unpaired) electrons. The van der Waals surface area contributed by atoms with E-state index in [2.05, 4.69) is 0 Å². The van der Waals surface area contributed by atoms with Gasteiger partial charge >= 0.3 is 0 Å². The molecule has 17 heavy (non-hydrogen) atoms. The van der Waals surface area contributed by atoms with Crippen molar-refractivity contribution >= 4 is 40.7 Å². The molecule has 0 aliphatic carbocycles. The SMILES string of the molecule is Nc1ccccc1CSc1cc(Cl)ccc1Cl. The van der Waals surface area contributed by atoms with Gasteiger partial charge < -0.3 is 5.73 Å². The summed E-state index contributed by atoms with van der Waals surface area (Å²) in [5.41, 5.74) is 7.79. The Morgan fingerprint density at radius 3 is 2.59 bits per heavy atom. The second kappa shape index (κ2) is 5.67. The van der Waals surface area contributed by atoms with Gasteiger partial charge in [-0.1, -0.05) is 41.4 Å². The molecule has 0 spiro atoms. The number of anilines is 1. The maximum Gasteiger partial charge on any atom is 0.0543 e. The van der Waals surface area contributed by atoms with Gasteiger partial charge in [-0.3, -0.25) is 0 Å². The van der Waals surface area contributed by atoms with Crippen molar-refractivity contribution in [3.05, 3.63) is 58.1 Å². The third-order valence-electron chi connectivity index (χ3n) is 2.33. The Morgan fingerprint density at radius 2 is 1.82 bits per heavy atom. The van der Waals surface area contributed by atoms with E-state index >= 15 is 0 Å². The van der Waals surface area contributed by atoms with Gasteiger partial charge in [-0.25, -0.2) is 0 Å². The Balaban J connectivity index is 2.12. The largest absolute Gasteiger partial charge is 0.398 e. The first-order chi connectivity index (χ1) is 8.16. The van der Waals surface area contributed by atoms with Gasteiger partial charge in [0, 0.05) is 21.4 Å². The lowest BCUT2D eigenvalue weighted by Crippen LogP contribution is -1.91. The molecular formula is C13H11Cl2NS. The first-order valence-corrected chi connectivity index (χ1v) is 6.82. The summed E-state index contributed by atoms with van der Waals surface area (Å²) in [6.07, 6.45) is 0. The van der Waals surface area contributed by atoms with Gasteiger partial charge in [0.05, 0.1) is 5.02 Å². The lowest BCUT2D eigenvalue weighted by molar-refractivity contribution is 1.38. The van der Waals surface area contributed by atoms with Crippen LogP contribution in [0.1, 0.15) is 5.56 Å². The fourth-order valence-electron chi connectivity index (χ4n) is 1.41. The van der Waals surface area contributed by atoms with Gasteiger partial charge in [-0.2, -0.15) is 0 Å². The number of benzene rings is 2. The van der Waals surface area contributed by atoms with E-state index in [1.807, 2.05) is 30.3 Å².